The Morgan fingerprint density at radius 2 is 2.06 bits per heavy atom. The molecule has 0 aromatic heterocycles. The Labute approximate surface area is 112 Å². The average Bonchev–Trinajstić information content (AvgIpc) is 2.68. The van der Waals surface area contributed by atoms with Crippen molar-refractivity contribution in [3.8, 4) is 0 Å². The number of rotatable bonds is 7. The molecule has 1 aliphatic heterocycles. The van der Waals surface area contributed by atoms with Gasteiger partial charge in [-0.05, 0) is 45.8 Å². The number of hydrogen-bond acceptors (Lipinski definition) is 4. The van der Waals surface area contributed by atoms with Crippen LogP contribution in [0.1, 0.15) is 33.6 Å². The van der Waals surface area contributed by atoms with Crippen molar-refractivity contribution in [1.82, 2.24) is 10.2 Å². The minimum atomic E-state index is -2.78. The maximum atomic E-state index is 11.5. The van der Waals surface area contributed by atoms with Gasteiger partial charge in [-0.3, -0.25) is 4.90 Å². The molecule has 0 amide bonds. The summed E-state index contributed by atoms with van der Waals surface area (Å²) in [5.41, 5.74) is 0. The summed E-state index contributed by atoms with van der Waals surface area (Å²) in [5, 5.41) is 3.43. The van der Waals surface area contributed by atoms with Crippen LogP contribution in [0, 0.1) is 5.92 Å². The number of nitrogens with one attached hydrogen (secondary N) is 1. The van der Waals surface area contributed by atoms with Gasteiger partial charge in [0.25, 0.3) is 0 Å². The van der Waals surface area contributed by atoms with Gasteiger partial charge in [0.05, 0.1) is 11.5 Å². The van der Waals surface area contributed by atoms with Crippen molar-refractivity contribution in [2.45, 2.75) is 45.7 Å². The van der Waals surface area contributed by atoms with Gasteiger partial charge in [-0.25, -0.2) is 8.42 Å². The molecule has 0 saturated carbocycles. The minimum Gasteiger partial charge on any atom is -0.316 e. The van der Waals surface area contributed by atoms with E-state index in [9.17, 15) is 8.42 Å². The normalized spacial score (nSPS) is 26.4. The molecule has 1 aliphatic rings. The number of nitrogens with zero attached hydrogens (tertiary/aromatic N) is 1. The van der Waals surface area contributed by atoms with Crippen LogP contribution in [0.25, 0.3) is 0 Å². The standard InChI is InChI=1S/C13H28N2O2S/c1-5-7-14-9-11(2)12(3)15(4)13-6-8-18(16,17)10-13/h11-14H,5-10H2,1-4H3. The SMILES string of the molecule is CCCNCC(C)C(C)N(C)C1CCS(=O)(=O)C1. The fourth-order valence-electron chi connectivity index (χ4n) is 2.51. The van der Waals surface area contributed by atoms with Crippen LogP contribution >= 0.6 is 0 Å². The van der Waals surface area contributed by atoms with E-state index in [1.807, 2.05) is 0 Å². The van der Waals surface area contributed by atoms with Gasteiger partial charge < -0.3 is 5.32 Å². The molecular formula is C13H28N2O2S. The molecule has 0 aromatic carbocycles. The van der Waals surface area contributed by atoms with E-state index < -0.39 is 9.84 Å². The van der Waals surface area contributed by atoms with E-state index >= 15 is 0 Å². The lowest BCUT2D eigenvalue weighted by molar-refractivity contribution is 0.152. The average molecular weight is 276 g/mol. The van der Waals surface area contributed by atoms with Crippen LogP contribution in [0.4, 0.5) is 0 Å². The molecule has 0 bridgehead atoms. The molecule has 1 rings (SSSR count). The first-order valence-corrected chi connectivity index (χ1v) is 8.82. The van der Waals surface area contributed by atoms with Crippen molar-refractivity contribution in [2.75, 3.05) is 31.6 Å². The second-order valence-corrected chi connectivity index (χ2v) is 7.87. The zero-order chi connectivity index (χ0) is 13.8. The van der Waals surface area contributed by atoms with Crippen LogP contribution in [0.15, 0.2) is 0 Å². The van der Waals surface area contributed by atoms with E-state index in [0.29, 0.717) is 23.5 Å². The molecule has 3 unspecified atom stereocenters. The van der Waals surface area contributed by atoms with Gasteiger partial charge in [0.1, 0.15) is 0 Å². The minimum absolute atomic E-state index is 0.207. The first-order valence-electron chi connectivity index (χ1n) is 7.00. The molecule has 1 saturated heterocycles. The fourth-order valence-corrected chi connectivity index (χ4v) is 4.29. The Balaban J connectivity index is 2.43. The molecule has 0 aliphatic carbocycles. The Morgan fingerprint density at radius 3 is 2.56 bits per heavy atom. The van der Waals surface area contributed by atoms with Gasteiger partial charge in [-0.1, -0.05) is 13.8 Å². The zero-order valence-electron chi connectivity index (χ0n) is 12.1. The lowest BCUT2D eigenvalue weighted by Crippen LogP contribution is -2.45. The van der Waals surface area contributed by atoms with E-state index in [-0.39, 0.29) is 6.04 Å². The third kappa shape index (κ3) is 4.52. The predicted octanol–water partition coefficient (Wildman–Crippen LogP) is 1.13. The molecule has 1 heterocycles. The Morgan fingerprint density at radius 1 is 1.39 bits per heavy atom. The molecule has 1 fully saturated rings. The Kier molecular flexibility index (Phi) is 6.08. The van der Waals surface area contributed by atoms with Crippen LogP contribution in [-0.4, -0.2) is 57.0 Å². The highest BCUT2D eigenvalue weighted by Crippen LogP contribution is 2.21. The van der Waals surface area contributed by atoms with E-state index in [1.165, 1.54) is 0 Å². The summed E-state index contributed by atoms with van der Waals surface area (Å²) in [4.78, 5) is 2.25. The van der Waals surface area contributed by atoms with Crippen molar-refractivity contribution in [2.24, 2.45) is 5.92 Å². The fraction of sp³-hybridized carbons (Fsp3) is 1.00. The van der Waals surface area contributed by atoms with E-state index in [0.717, 1.165) is 25.9 Å². The maximum absolute atomic E-state index is 11.5. The molecule has 5 heteroatoms. The molecule has 4 nitrogen and oxygen atoms in total. The lowest BCUT2D eigenvalue weighted by Gasteiger charge is -2.34. The highest BCUT2D eigenvalue weighted by Gasteiger charge is 2.33. The number of sulfone groups is 1. The zero-order valence-corrected chi connectivity index (χ0v) is 13.0. The van der Waals surface area contributed by atoms with E-state index in [1.54, 1.807) is 0 Å². The topological polar surface area (TPSA) is 49.4 Å². The maximum Gasteiger partial charge on any atom is 0.151 e. The van der Waals surface area contributed by atoms with Crippen LogP contribution in [0.2, 0.25) is 0 Å². The smallest absolute Gasteiger partial charge is 0.151 e. The van der Waals surface area contributed by atoms with Gasteiger partial charge in [-0.15, -0.1) is 0 Å². The van der Waals surface area contributed by atoms with Crippen LogP contribution in [0.3, 0.4) is 0 Å². The van der Waals surface area contributed by atoms with Gasteiger partial charge in [0, 0.05) is 12.1 Å². The summed E-state index contributed by atoms with van der Waals surface area (Å²) in [6.07, 6.45) is 1.94. The highest BCUT2D eigenvalue weighted by atomic mass is 32.2. The second kappa shape index (κ2) is 6.87. The summed E-state index contributed by atoms with van der Waals surface area (Å²) in [6, 6.07) is 0.617. The van der Waals surface area contributed by atoms with Gasteiger partial charge in [0.2, 0.25) is 0 Å². The van der Waals surface area contributed by atoms with E-state index in [2.05, 4.69) is 38.0 Å². The van der Waals surface area contributed by atoms with Crippen molar-refractivity contribution in [1.29, 1.82) is 0 Å². The van der Waals surface area contributed by atoms with Crippen molar-refractivity contribution in [3.63, 3.8) is 0 Å². The summed E-state index contributed by atoms with van der Waals surface area (Å²) in [5.74, 6) is 1.23. The Hall–Kier alpha value is -0.130. The third-order valence-electron chi connectivity index (χ3n) is 4.14. The summed E-state index contributed by atoms with van der Waals surface area (Å²) >= 11 is 0. The monoisotopic (exact) mass is 276 g/mol. The van der Waals surface area contributed by atoms with Crippen LogP contribution in [0.5, 0.6) is 0 Å². The van der Waals surface area contributed by atoms with Crippen LogP contribution < -0.4 is 5.32 Å². The van der Waals surface area contributed by atoms with Crippen molar-refractivity contribution < 1.29 is 8.42 Å². The Bertz CT molecular complexity index is 343. The molecule has 0 aromatic rings. The third-order valence-corrected chi connectivity index (χ3v) is 5.89. The van der Waals surface area contributed by atoms with Crippen molar-refractivity contribution in [3.05, 3.63) is 0 Å². The largest absolute Gasteiger partial charge is 0.316 e. The first-order chi connectivity index (χ1) is 8.37. The molecule has 3 atom stereocenters. The van der Waals surface area contributed by atoms with Crippen molar-refractivity contribution >= 4 is 9.84 Å². The second-order valence-electron chi connectivity index (χ2n) is 5.64. The molecule has 108 valence electrons. The van der Waals surface area contributed by atoms with Gasteiger partial charge in [0.15, 0.2) is 9.84 Å². The summed E-state index contributed by atoms with van der Waals surface area (Å²) < 4.78 is 23.0. The molecule has 18 heavy (non-hydrogen) atoms. The highest BCUT2D eigenvalue weighted by molar-refractivity contribution is 7.91. The predicted molar refractivity (Wildman–Crippen MR) is 76.6 cm³/mol. The quantitative estimate of drug-likeness (QED) is 0.708. The summed E-state index contributed by atoms with van der Waals surface area (Å²) in [7, 11) is -0.716. The summed E-state index contributed by atoms with van der Waals surface area (Å²) in [6.45, 7) is 8.64. The first kappa shape index (κ1) is 15.9. The lowest BCUT2D eigenvalue weighted by atomic mass is 10.0. The molecular weight excluding hydrogens is 248 g/mol. The molecule has 0 radical (unpaired) electrons. The molecule has 0 spiro atoms. The van der Waals surface area contributed by atoms with E-state index in [4.69, 9.17) is 0 Å². The van der Waals surface area contributed by atoms with Gasteiger partial charge in [-0.2, -0.15) is 0 Å². The number of hydrogen-bond donors (Lipinski definition) is 1. The van der Waals surface area contributed by atoms with Gasteiger partial charge >= 0.3 is 0 Å². The van der Waals surface area contributed by atoms with Crippen LogP contribution in [-0.2, 0) is 9.84 Å². The molecule has 1 N–H and O–H groups in total.